The molecule has 1 aromatic heterocycles. The molecule has 4 aromatic rings. The highest BCUT2D eigenvalue weighted by Crippen LogP contribution is 2.19. The van der Waals surface area contributed by atoms with E-state index in [1.807, 2.05) is 18.2 Å². The minimum Gasteiger partial charge on any atom is -0.441 e. The summed E-state index contributed by atoms with van der Waals surface area (Å²) in [5.74, 6) is 0.430. The van der Waals surface area contributed by atoms with Gasteiger partial charge in [-0.15, -0.1) is 0 Å². The standard InChI is InChI=1S/C24H23N3O4S/c25-32(29,30)20-10-6-18(7-11-20)14-15-26-24(28)19-9-12-21-22(16-19)31-23(27-21)13-8-17-4-2-1-3-5-17/h1-7,9-12,16H,8,13-15H2,(H,26,28)(H2,25,29,30). The number of hydrogen-bond donors (Lipinski definition) is 2. The Hall–Kier alpha value is -3.49. The molecule has 0 fully saturated rings. The number of nitrogens with zero attached hydrogens (tertiary/aromatic N) is 1. The van der Waals surface area contributed by atoms with Gasteiger partial charge < -0.3 is 9.73 Å². The van der Waals surface area contributed by atoms with Gasteiger partial charge in [0.15, 0.2) is 11.5 Å². The molecule has 0 bridgehead atoms. The van der Waals surface area contributed by atoms with Crippen LogP contribution >= 0.6 is 0 Å². The molecule has 0 unspecified atom stereocenters. The number of benzene rings is 3. The highest BCUT2D eigenvalue weighted by molar-refractivity contribution is 7.89. The average Bonchev–Trinajstić information content (AvgIpc) is 3.20. The van der Waals surface area contributed by atoms with E-state index in [0.29, 0.717) is 36.4 Å². The van der Waals surface area contributed by atoms with Crippen molar-refractivity contribution in [1.29, 1.82) is 0 Å². The smallest absolute Gasteiger partial charge is 0.251 e. The molecule has 3 aromatic carbocycles. The van der Waals surface area contributed by atoms with Gasteiger partial charge in [0.25, 0.3) is 5.91 Å². The number of aromatic nitrogens is 1. The van der Waals surface area contributed by atoms with Crippen LogP contribution in [0.25, 0.3) is 11.1 Å². The number of carbonyl (C=O) groups is 1. The minimum atomic E-state index is -3.71. The molecule has 1 heterocycles. The molecule has 7 nitrogen and oxygen atoms in total. The van der Waals surface area contributed by atoms with Gasteiger partial charge in [-0.25, -0.2) is 18.5 Å². The van der Waals surface area contributed by atoms with Crippen LogP contribution in [0.1, 0.15) is 27.4 Å². The third-order valence-corrected chi connectivity index (χ3v) is 6.05. The van der Waals surface area contributed by atoms with E-state index in [1.165, 1.54) is 17.7 Å². The van der Waals surface area contributed by atoms with Crippen LogP contribution in [-0.2, 0) is 29.3 Å². The molecule has 3 N–H and O–H groups in total. The topological polar surface area (TPSA) is 115 Å². The van der Waals surface area contributed by atoms with Crippen LogP contribution in [0, 0.1) is 0 Å². The molecule has 164 valence electrons. The van der Waals surface area contributed by atoms with Crippen LogP contribution in [0.4, 0.5) is 0 Å². The Balaban J connectivity index is 1.34. The molecule has 0 aliphatic heterocycles. The molecule has 32 heavy (non-hydrogen) atoms. The number of nitrogens with two attached hydrogens (primary N) is 1. The summed E-state index contributed by atoms with van der Waals surface area (Å²) in [5.41, 5.74) is 3.91. The first-order valence-corrected chi connectivity index (χ1v) is 11.8. The quantitative estimate of drug-likeness (QED) is 0.428. The number of amides is 1. The molecule has 4 rings (SSSR count). The Morgan fingerprint density at radius 2 is 1.62 bits per heavy atom. The average molecular weight is 450 g/mol. The second-order valence-corrected chi connectivity index (χ2v) is 9.03. The third-order valence-electron chi connectivity index (χ3n) is 5.12. The summed E-state index contributed by atoms with van der Waals surface area (Å²) >= 11 is 0. The summed E-state index contributed by atoms with van der Waals surface area (Å²) < 4.78 is 28.5. The van der Waals surface area contributed by atoms with Crippen molar-refractivity contribution >= 4 is 27.0 Å². The second-order valence-electron chi connectivity index (χ2n) is 7.47. The largest absolute Gasteiger partial charge is 0.441 e. The number of sulfonamides is 1. The molecule has 0 atom stereocenters. The molecule has 0 radical (unpaired) electrons. The van der Waals surface area contributed by atoms with Crippen LogP contribution < -0.4 is 10.5 Å². The molecule has 0 saturated heterocycles. The van der Waals surface area contributed by atoms with Gasteiger partial charge in [-0.05, 0) is 54.3 Å². The number of primary sulfonamides is 1. The van der Waals surface area contributed by atoms with E-state index >= 15 is 0 Å². The summed E-state index contributed by atoms with van der Waals surface area (Å²) in [6, 6.07) is 21.6. The number of nitrogens with one attached hydrogen (secondary N) is 1. The molecular formula is C24H23N3O4S. The van der Waals surface area contributed by atoms with E-state index in [-0.39, 0.29) is 10.8 Å². The SMILES string of the molecule is NS(=O)(=O)c1ccc(CCNC(=O)c2ccc3nc(CCc4ccccc4)oc3c2)cc1. The molecule has 1 amide bonds. The predicted octanol–water partition coefficient (Wildman–Crippen LogP) is 3.23. The zero-order valence-corrected chi connectivity index (χ0v) is 18.1. The monoisotopic (exact) mass is 449 g/mol. The van der Waals surface area contributed by atoms with Gasteiger partial charge in [-0.2, -0.15) is 0 Å². The van der Waals surface area contributed by atoms with Crippen LogP contribution in [0.3, 0.4) is 0 Å². The van der Waals surface area contributed by atoms with Gasteiger partial charge in [0.1, 0.15) is 5.52 Å². The number of rotatable bonds is 8. The van der Waals surface area contributed by atoms with Crippen LogP contribution in [-0.4, -0.2) is 25.9 Å². The predicted molar refractivity (Wildman–Crippen MR) is 122 cm³/mol. The van der Waals surface area contributed by atoms with Crippen molar-refractivity contribution in [1.82, 2.24) is 10.3 Å². The van der Waals surface area contributed by atoms with Crippen molar-refractivity contribution in [3.8, 4) is 0 Å². The van der Waals surface area contributed by atoms with Crippen LogP contribution in [0.5, 0.6) is 0 Å². The molecule has 0 aliphatic rings. The highest BCUT2D eigenvalue weighted by Gasteiger charge is 2.11. The van der Waals surface area contributed by atoms with Gasteiger partial charge >= 0.3 is 0 Å². The van der Waals surface area contributed by atoms with E-state index in [9.17, 15) is 13.2 Å². The van der Waals surface area contributed by atoms with Crippen molar-refractivity contribution in [3.63, 3.8) is 0 Å². The third kappa shape index (κ3) is 5.40. The Kier molecular flexibility index (Phi) is 6.34. The van der Waals surface area contributed by atoms with E-state index in [4.69, 9.17) is 9.56 Å². The lowest BCUT2D eigenvalue weighted by Crippen LogP contribution is -2.25. The summed E-state index contributed by atoms with van der Waals surface area (Å²) in [7, 11) is -3.71. The Morgan fingerprint density at radius 1 is 0.906 bits per heavy atom. The molecule has 0 spiro atoms. The molecule has 0 saturated carbocycles. The summed E-state index contributed by atoms with van der Waals surface area (Å²) in [4.78, 5) is 17.1. The Labute approximate surface area is 186 Å². The summed E-state index contributed by atoms with van der Waals surface area (Å²) in [5, 5.41) is 7.97. The Bertz CT molecular complexity index is 1330. The lowest BCUT2D eigenvalue weighted by atomic mass is 10.1. The fourth-order valence-electron chi connectivity index (χ4n) is 3.38. The van der Waals surface area contributed by atoms with Gasteiger partial charge in [-0.1, -0.05) is 42.5 Å². The zero-order chi connectivity index (χ0) is 22.6. The maximum absolute atomic E-state index is 12.5. The molecular weight excluding hydrogens is 426 g/mol. The number of oxazole rings is 1. The van der Waals surface area contributed by atoms with Gasteiger partial charge in [0.2, 0.25) is 10.0 Å². The van der Waals surface area contributed by atoms with E-state index in [1.54, 1.807) is 30.3 Å². The van der Waals surface area contributed by atoms with E-state index in [2.05, 4.69) is 22.4 Å². The molecule has 0 aliphatic carbocycles. The lowest BCUT2D eigenvalue weighted by Gasteiger charge is -2.06. The highest BCUT2D eigenvalue weighted by atomic mass is 32.2. The number of aryl methyl sites for hydroxylation is 2. The second kappa shape index (κ2) is 9.33. The van der Waals surface area contributed by atoms with Crippen molar-refractivity contribution in [2.75, 3.05) is 6.54 Å². The fraction of sp³-hybridized carbons (Fsp3) is 0.167. The van der Waals surface area contributed by atoms with Crippen LogP contribution in [0.15, 0.2) is 82.1 Å². The maximum Gasteiger partial charge on any atom is 0.251 e. The molecule has 8 heteroatoms. The number of carbonyl (C=O) groups excluding carboxylic acids is 1. The van der Waals surface area contributed by atoms with Gasteiger partial charge in [0.05, 0.1) is 4.90 Å². The summed E-state index contributed by atoms with van der Waals surface area (Å²) in [6.07, 6.45) is 2.08. The lowest BCUT2D eigenvalue weighted by molar-refractivity contribution is 0.0954. The first-order valence-electron chi connectivity index (χ1n) is 10.2. The number of fused-ring (bicyclic) bond motifs is 1. The zero-order valence-electron chi connectivity index (χ0n) is 17.3. The van der Waals surface area contributed by atoms with Crippen molar-refractivity contribution < 1.29 is 17.6 Å². The first kappa shape index (κ1) is 21.7. The van der Waals surface area contributed by atoms with Crippen molar-refractivity contribution in [2.45, 2.75) is 24.2 Å². The van der Waals surface area contributed by atoms with Crippen molar-refractivity contribution in [3.05, 3.63) is 95.4 Å². The first-order chi connectivity index (χ1) is 15.4. The van der Waals surface area contributed by atoms with Gasteiger partial charge in [0, 0.05) is 18.5 Å². The number of hydrogen-bond acceptors (Lipinski definition) is 5. The van der Waals surface area contributed by atoms with Gasteiger partial charge in [-0.3, -0.25) is 4.79 Å². The van der Waals surface area contributed by atoms with E-state index < -0.39 is 10.0 Å². The van der Waals surface area contributed by atoms with Crippen LogP contribution in [0.2, 0.25) is 0 Å². The summed E-state index contributed by atoms with van der Waals surface area (Å²) in [6.45, 7) is 0.407. The Morgan fingerprint density at radius 3 is 2.34 bits per heavy atom. The maximum atomic E-state index is 12.5. The van der Waals surface area contributed by atoms with E-state index in [0.717, 1.165) is 17.5 Å². The fourth-order valence-corrected chi connectivity index (χ4v) is 3.90. The van der Waals surface area contributed by atoms with Crippen molar-refractivity contribution in [2.24, 2.45) is 5.14 Å². The minimum absolute atomic E-state index is 0.0637. The normalized spacial score (nSPS) is 11.5.